The van der Waals surface area contributed by atoms with Gasteiger partial charge in [0.05, 0.1) is 26.4 Å². The van der Waals surface area contributed by atoms with E-state index in [0.29, 0.717) is 31.6 Å². The Balaban J connectivity index is 5.23. The number of hydrogen-bond donors (Lipinski definition) is 3. The van der Waals surface area contributed by atoms with Crippen LogP contribution in [0.2, 0.25) is 0 Å². The molecule has 594 valence electrons. The van der Waals surface area contributed by atoms with Crippen molar-refractivity contribution in [1.29, 1.82) is 0 Å². The lowest BCUT2D eigenvalue weighted by Gasteiger charge is -2.21. The smallest absolute Gasteiger partial charge is 0.462 e. The van der Waals surface area contributed by atoms with E-state index in [0.717, 1.165) is 114 Å². The third-order valence-corrected chi connectivity index (χ3v) is 21.1. The molecule has 0 aromatic carbocycles. The van der Waals surface area contributed by atoms with Gasteiger partial charge in [-0.25, -0.2) is 9.13 Å². The second-order valence-electron chi connectivity index (χ2n) is 30.8. The third kappa shape index (κ3) is 73.0. The van der Waals surface area contributed by atoms with E-state index in [1.165, 1.54) is 212 Å². The number of phosphoric acid groups is 2. The molecule has 3 unspecified atom stereocenters. The normalized spacial score (nSPS) is 14.3. The number of phosphoric ester groups is 2. The average Bonchev–Trinajstić information content (AvgIpc) is 0.958. The standard InChI is InChI=1S/C81H158O17P2/c1-9-74(8)60-52-44-35-29-23-16-13-14-17-24-30-36-45-53-61-78(83)91-67-76(97-80(85)63-55-47-37-31-25-18-12-10-11-15-21-27-33-41-49-57-71(2)3)69-95-99(87,88)93-65-75(82)66-94-100(89,90)96-70-77(68-92-79(84)62-54-46-40-39-43-51-59-73(6)7)98-81(86)64-56-48-38-32-26-20-19-22-28-34-42-50-58-72(4)5/h71-77,82H,9-70H2,1-8H3,(H,87,88)(H,89,90)/t74?,75-,76-,77-/m1/s1. The minimum absolute atomic E-state index is 0.106. The van der Waals surface area contributed by atoms with Gasteiger partial charge >= 0.3 is 39.5 Å². The molecule has 0 aromatic rings. The molecule has 17 nitrogen and oxygen atoms in total. The monoisotopic (exact) mass is 1470 g/mol. The maximum absolute atomic E-state index is 13.1. The molecular weight excluding hydrogens is 1310 g/mol. The largest absolute Gasteiger partial charge is 0.472 e. The van der Waals surface area contributed by atoms with Gasteiger partial charge < -0.3 is 33.8 Å². The van der Waals surface area contributed by atoms with Crippen molar-refractivity contribution in [2.45, 2.75) is 433 Å². The van der Waals surface area contributed by atoms with Crippen LogP contribution in [0.25, 0.3) is 0 Å². The molecule has 0 rings (SSSR count). The summed E-state index contributed by atoms with van der Waals surface area (Å²) < 4.78 is 68.7. The van der Waals surface area contributed by atoms with Crippen LogP contribution in [0.1, 0.15) is 415 Å². The summed E-state index contributed by atoms with van der Waals surface area (Å²) in [7, 11) is -9.92. The van der Waals surface area contributed by atoms with Crippen molar-refractivity contribution in [3.05, 3.63) is 0 Å². The van der Waals surface area contributed by atoms with Gasteiger partial charge in [0.15, 0.2) is 12.2 Å². The van der Waals surface area contributed by atoms with Crippen molar-refractivity contribution in [2.75, 3.05) is 39.6 Å². The maximum atomic E-state index is 13.1. The van der Waals surface area contributed by atoms with Crippen molar-refractivity contribution in [2.24, 2.45) is 23.7 Å². The number of rotatable bonds is 78. The minimum atomic E-state index is -4.96. The minimum Gasteiger partial charge on any atom is -0.462 e. The highest BCUT2D eigenvalue weighted by Gasteiger charge is 2.30. The highest BCUT2D eigenvalue weighted by Crippen LogP contribution is 2.45. The molecule has 19 heteroatoms. The number of esters is 4. The molecule has 6 atom stereocenters. The summed E-state index contributed by atoms with van der Waals surface area (Å²) in [6, 6.07) is 0. The van der Waals surface area contributed by atoms with Gasteiger partial charge in [0.1, 0.15) is 19.3 Å². The number of aliphatic hydroxyl groups is 1. The quantitative estimate of drug-likeness (QED) is 0.0222. The van der Waals surface area contributed by atoms with Gasteiger partial charge in [0, 0.05) is 25.7 Å². The van der Waals surface area contributed by atoms with Gasteiger partial charge in [-0.3, -0.25) is 37.3 Å². The van der Waals surface area contributed by atoms with E-state index in [-0.39, 0.29) is 25.7 Å². The predicted molar refractivity (Wildman–Crippen MR) is 409 cm³/mol. The Labute approximate surface area is 613 Å². The molecule has 0 fully saturated rings. The van der Waals surface area contributed by atoms with Crippen molar-refractivity contribution in [1.82, 2.24) is 0 Å². The lowest BCUT2D eigenvalue weighted by atomic mass is 9.99. The molecule has 0 aliphatic carbocycles. The Hall–Kier alpha value is -1.94. The van der Waals surface area contributed by atoms with Crippen LogP contribution >= 0.6 is 15.6 Å². The Morgan fingerprint density at radius 1 is 0.280 bits per heavy atom. The van der Waals surface area contributed by atoms with E-state index >= 15 is 0 Å². The summed E-state index contributed by atoms with van der Waals surface area (Å²) in [5, 5.41) is 10.6. The van der Waals surface area contributed by atoms with E-state index in [9.17, 15) is 43.2 Å². The fourth-order valence-electron chi connectivity index (χ4n) is 12.4. The average molecular weight is 1470 g/mol. The summed E-state index contributed by atoms with van der Waals surface area (Å²) in [6.45, 7) is 14.3. The van der Waals surface area contributed by atoms with Gasteiger partial charge in [-0.2, -0.15) is 0 Å². The van der Waals surface area contributed by atoms with Crippen LogP contribution in [0.4, 0.5) is 0 Å². The van der Waals surface area contributed by atoms with Crippen LogP contribution < -0.4 is 0 Å². The Morgan fingerprint density at radius 2 is 0.480 bits per heavy atom. The van der Waals surface area contributed by atoms with Gasteiger partial charge in [-0.15, -0.1) is 0 Å². The zero-order chi connectivity index (χ0) is 73.8. The molecule has 0 bridgehead atoms. The third-order valence-electron chi connectivity index (χ3n) is 19.2. The Morgan fingerprint density at radius 3 is 0.710 bits per heavy atom. The number of aliphatic hydroxyl groups excluding tert-OH is 1. The zero-order valence-electron chi connectivity index (χ0n) is 65.8. The fraction of sp³-hybridized carbons (Fsp3) is 0.951. The molecule has 3 N–H and O–H groups in total. The second-order valence-corrected chi connectivity index (χ2v) is 33.7. The molecule has 0 saturated carbocycles. The van der Waals surface area contributed by atoms with E-state index in [2.05, 4.69) is 55.4 Å². The molecule has 0 amide bonds. The number of hydrogen-bond acceptors (Lipinski definition) is 15. The highest BCUT2D eigenvalue weighted by molar-refractivity contribution is 7.47. The maximum Gasteiger partial charge on any atom is 0.472 e. The zero-order valence-corrected chi connectivity index (χ0v) is 67.6. The van der Waals surface area contributed by atoms with Gasteiger partial charge in [0.25, 0.3) is 0 Å². The summed E-state index contributed by atoms with van der Waals surface area (Å²) in [5.41, 5.74) is 0. The first-order chi connectivity index (χ1) is 48.1. The van der Waals surface area contributed by atoms with E-state index in [1.807, 2.05) is 0 Å². The number of ether oxygens (including phenoxy) is 4. The molecule has 0 heterocycles. The first-order valence-corrected chi connectivity index (χ1v) is 44.7. The highest BCUT2D eigenvalue weighted by atomic mass is 31.2. The van der Waals surface area contributed by atoms with Crippen molar-refractivity contribution in [3.63, 3.8) is 0 Å². The molecule has 0 aliphatic heterocycles. The van der Waals surface area contributed by atoms with Crippen molar-refractivity contribution < 1.29 is 80.2 Å². The summed E-state index contributed by atoms with van der Waals surface area (Å²) in [6.07, 6.45) is 57.0. The fourth-order valence-corrected chi connectivity index (χ4v) is 14.0. The van der Waals surface area contributed by atoms with Gasteiger partial charge in [0.2, 0.25) is 0 Å². The molecule has 100 heavy (non-hydrogen) atoms. The lowest BCUT2D eigenvalue weighted by Crippen LogP contribution is -2.30. The predicted octanol–water partition coefficient (Wildman–Crippen LogP) is 24.0. The topological polar surface area (TPSA) is 237 Å². The van der Waals surface area contributed by atoms with Crippen LogP contribution in [0.15, 0.2) is 0 Å². The molecular formula is C81H158O17P2. The van der Waals surface area contributed by atoms with Crippen LogP contribution in [0, 0.1) is 23.7 Å². The summed E-state index contributed by atoms with van der Waals surface area (Å²) in [4.78, 5) is 73.0. The molecule has 0 aliphatic rings. The summed E-state index contributed by atoms with van der Waals surface area (Å²) in [5.74, 6) is 0.993. The van der Waals surface area contributed by atoms with Crippen LogP contribution in [0.3, 0.4) is 0 Å². The van der Waals surface area contributed by atoms with Crippen LogP contribution in [-0.2, 0) is 65.4 Å². The number of carbonyl (C=O) groups excluding carboxylic acids is 4. The molecule has 0 radical (unpaired) electrons. The first kappa shape index (κ1) is 98.1. The second kappa shape index (κ2) is 70.1. The molecule has 0 saturated heterocycles. The first-order valence-electron chi connectivity index (χ1n) is 41.7. The van der Waals surface area contributed by atoms with Crippen molar-refractivity contribution in [3.8, 4) is 0 Å². The summed E-state index contributed by atoms with van der Waals surface area (Å²) >= 11 is 0. The van der Waals surface area contributed by atoms with Crippen LogP contribution in [-0.4, -0.2) is 96.7 Å². The van der Waals surface area contributed by atoms with Crippen molar-refractivity contribution >= 4 is 39.5 Å². The molecule has 0 aromatic heterocycles. The van der Waals surface area contributed by atoms with E-state index in [1.54, 1.807) is 0 Å². The van der Waals surface area contributed by atoms with Gasteiger partial charge in [-0.1, -0.05) is 364 Å². The Kier molecular flexibility index (Phi) is 68.7. The van der Waals surface area contributed by atoms with E-state index in [4.69, 9.17) is 37.0 Å². The lowest BCUT2D eigenvalue weighted by molar-refractivity contribution is -0.161. The SMILES string of the molecule is CCC(C)CCCCCCCCCCCCCCCCC(=O)OC[C@H](COP(=O)(O)OC[C@@H](O)COP(=O)(O)OC[C@@H](COC(=O)CCCCCCCCC(C)C)OC(=O)CCCCCCCCCCCCCCC(C)C)OC(=O)CCCCCCCCCCCCCCCCCC(C)C. The van der Waals surface area contributed by atoms with Gasteiger partial charge in [-0.05, 0) is 49.4 Å². The number of unbranched alkanes of at least 4 members (excludes halogenated alkanes) is 43. The number of carbonyl (C=O) groups is 4. The Bertz CT molecular complexity index is 1960. The molecule has 0 spiro atoms. The van der Waals surface area contributed by atoms with E-state index < -0.39 is 97.5 Å². The van der Waals surface area contributed by atoms with Crippen LogP contribution in [0.5, 0.6) is 0 Å².